The molecule has 5 nitrogen and oxygen atoms in total. The highest BCUT2D eigenvalue weighted by Crippen LogP contribution is 2.31. The van der Waals surface area contributed by atoms with E-state index < -0.39 is 6.10 Å². The molecule has 3 aromatic rings. The second-order valence-electron chi connectivity index (χ2n) is 6.27. The van der Waals surface area contributed by atoms with Crippen LogP contribution in [0.4, 0.5) is 5.69 Å². The van der Waals surface area contributed by atoms with E-state index in [2.05, 4.69) is 24.4 Å². The SMILES string of the molecule is CCOCCOC(C)C(=O)Nc1ccc(-c2nc3ccc(C)cc3s2)cc1. The predicted molar refractivity (Wildman–Crippen MR) is 110 cm³/mol. The number of benzene rings is 2. The van der Waals surface area contributed by atoms with Crippen molar-refractivity contribution in [2.24, 2.45) is 0 Å². The number of thiazole rings is 1. The van der Waals surface area contributed by atoms with Crippen molar-refractivity contribution < 1.29 is 14.3 Å². The zero-order valence-electron chi connectivity index (χ0n) is 15.8. The molecule has 0 radical (unpaired) electrons. The van der Waals surface area contributed by atoms with Crippen LogP contribution in [-0.2, 0) is 14.3 Å². The first kappa shape index (κ1) is 19.5. The molecule has 27 heavy (non-hydrogen) atoms. The van der Waals surface area contributed by atoms with Gasteiger partial charge in [0.2, 0.25) is 0 Å². The van der Waals surface area contributed by atoms with Crippen molar-refractivity contribution in [2.45, 2.75) is 26.9 Å². The molecule has 1 aromatic heterocycles. The lowest BCUT2D eigenvalue weighted by atomic mass is 10.2. The summed E-state index contributed by atoms with van der Waals surface area (Å²) in [6.45, 7) is 7.28. The zero-order chi connectivity index (χ0) is 19.2. The summed E-state index contributed by atoms with van der Waals surface area (Å²) in [6.07, 6.45) is -0.530. The third-order valence-electron chi connectivity index (χ3n) is 4.11. The first-order chi connectivity index (χ1) is 13.1. The molecule has 0 saturated heterocycles. The highest BCUT2D eigenvalue weighted by molar-refractivity contribution is 7.21. The van der Waals surface area contributed by atoms with Crippen LogP contribution in [-0.4, -0.2) is 36.8 Å². The summed E-state index contributed by atoms with van der Waals surface area (Å²) in [6, 6.07) is 14.0. The maximum Gasteiger partial charge on any atom is 0.253 e. The molecule has 0 fully saturated rings. The summed E-state index contributed by atoms with van der Waals surface area (Å²) in [5.41, 5.74) is 4.01. The minimum atomic E-state index is -0.530. The molecule has 1 heterocycles. The summed E-state index contributed by atoms with van der Waals surface area (Å²) in [5.74, 6) is -0.172. The van der Waals surface area contributed by atoms with Crippen molar-refractivity contribution in [3.05, 3.63) is 48.0 Å². The van der Waals surface area contributed by atoms with Crippen LogP contribution in [0.5, 0.6) is 0 Å². The maximum absolute atomic E-state index is 12.2. The Kier molecular flexibility index (Phi) is 6.55. The summed E-state index contributed by atoms with van der Waals surface area (Å²) in [7, 11) is 0. The topological polar surface area (TPSA) is 60.5 Å². The van der Waals surface area contributed by atoms with Gasteiger partial charge in [-0.3, -0.25) is 4.79 Å². The number of fused-ring (bicyclic) bond motifs is 1. The highest BCUT2D eigenvalue weighted by atomic mass is 32.1. The first-order valence-electron chi connectivity index (χ1n) is 9.04. The van der Waals surface area contributed by atoms with E-state index in [1.807, 2.05) is 37.3 Å². The fourth-order valence-electron chi connectivity index (χ4n) is 2.60. The molecule has 1 N–H and O–H groups in total. The van der Waals surface area contributed by atoms with Crippen molar-refractivity contribution in [1.82, 2.24) is 4.98 Å². The molecule has 1 atom stereocenters. The molecule has 0 aliphatic heterocycles. The average Bonchev–Trinajstić information content (AvgIpc) is 3.08. The van der Waals surface area contributed by atoms with Gasteiger partial charge in [-0.1, -0.05) is 6.07 Å². The lowest BCUT2D eigenvalue weighted by Gasteiger charge is -2.13. The maximum atomic E-state index is 12.2. The fourth-order valence-corrected chi connectivity index (χ4v) is 3.67. The van der Waals surface area contributed by atoms with Gasteiger partial charge in [0.05, 0.1) is 23.4 Å². The molecule has 1 unspecified atom stereocenters. The molecular formula is C21H24N2O3S. The van der Waals surface area contributed by atoms with Gasteiger partial charge in [-0.05, 0) is 62.7 Å². The van der Waals surface area contributed by atoms with Crippen molar-refractivity contribution in [3.63, 3.8) is 0 Å². The van der Waals surface area contributed by atoms with Gasteiger partial charge in [0.15, 0.2) is 0 Å². The number of ether oxygens (including phenoxy) is 2. The standard InChI is InChI=1S/C21H24N2O3S/c1-4-25-11-12-26-15(3)20(24)22-17-8-6-16(7-9-17)21-23-18-10-5-14(2)13-19(18)27-21/h5-10,13,15H,4,11-12H2,1-3H3,(H,22,24). The Balaban J connectivity index is 1.61. The van der Waals surface area contributed by atoms with E-state index in [9.17, 15) is 4.79 Å². The average molecular weight is 385 g/mol. The van der Waals surface area contributed by atoms with Gasteiger partial charge >= 0.3 is 0 Å². The van der Waals surface area contributed by atoms with Crippen LogP contribution >= 0.6 is 11.3 Å². The van der Waals surface area contributed by atoms with Gasteiger partial charge in [0.25, 0.3) is 5.91 Å². The van der Waals surface area contributed by atoms with Crippen LogP contribution in [0.15, 0.2) is 42.5 Å². The summed E-state index contributed by atoms with van der Waals surface area (Å²) < 4.78 is 11.9. The number of rotatable bonds is 8. The van der Waals surface area contributed by atoms with E-state index in [4.69, 9.17) is 14.5 Å². The van der Waals surface area contributed by atoms with Gasteiger partial charge < -0.3 is 14.8 Å². The molecule has 0 saturated carbocycles. The monoisotopic (exact) mass is 384 g/mol. The molecule has 0 aliphatic carbocycles. The number of nitrogens with zero attached hydrogens (tertiary/aromatic N) is 1. The molecule has 0 spiro atoms. The summed E-state index contributed by atoms with van der Waals surface area (Å²) in [4.78, 5) is 16.9. The molecule has 6 heteroatoms. The Bertz CT molecular complexity index is 905. The summed E-state index contributed by atoms with van der Waals surface area (Å²) >= 11 is 1.67. The van der Waals surface area contributed by atoms with Crippen molar-refractivity contribution in [1.29, 1.82) is 0 Å². The highest BCUT2D eigenvalue weighted by Gasteiger charge is 2.13. The van der Waals surface area contributed by atoms with Gasteiger partial charge in [-0.25, -0.2) is 4.98 Å². The Hall–Kier alpha value is -2.28. The van der Waals surface area contributed by atoms with Crippen LogP contribution < -0.4 is 5.32 Å². The molecule has 1 amide bonds. The number of hydrogen-bond donors (Lipinski definition) is 1. The molecular weight excluding hydrogens is 360 g/mol. The van der Waals surface area contributed by atoms with Gasteiger partial charge in [-0.2, -0.15) is 0 Å². The second-order valence-corrected chi connectivity index (χ2v) is 7.30. The third-order valence-corrected chi connectivity index (χ3v) is 5.18. The van der Waals surface area contributed by atoms with Crippen molar-refractivity contribution in [3.8, 4) is 10.6 Å². The van der Waals surface area contributed by atoms with E-state index in [-0.39, 0.29) is 5.91 Å². The molecule has 0 bridgehead atoms. The Labute approximate surface area is 163 Å². The number of amides is 1. The summed E-state index contributed by atoms with van der Waals surface area (Å²) in [5, 5.41) is 3.85. The second kappa shape index (κ2) is 9.08. The Morgan fingerprint density at radius 1 is 1.19 bits per heavy atom. The molecule has 3 rings (SSSR count). The number of aryl methyl sites for hydroxylation is 1. The lowest BCUT2D eigenvalue weighted by Crippen LogP contribution is -2.28. The van der Waals surface area contributed by atoms with Gasteiger partial charge in [-0.15, -0.1) is 11.3 Å². The largest absolute Gasteiger partial charge is 0.379 e. The minimum absolute atomic E-state index is 0.172. The smallest absolute Gasteiger partial charge is 0.253 e. The van der Waals surface area contributed by atoms with E-state index >= 15 is 0 Å². The van der Waals surface area contributed by atoms with Crippen LogP contribution in [0.25, 0.3) is 20.8 Å². The van der Waals surface area contributed by atoms with Crippen LogP contribution in [0.3, 0.4) is 0 Å². The number of nitrogens with one attached hydrogen (secondary N) is 1. The van der Waals surface area contributed by atoms with Crippen LogP contribution in [0.2, 0.25) is 0 Å². The zero-order valence-corrected chi connectivity index (χ0v) is 16.6. The number of carbonyl (C=O) groups is 1. The van der Waals surface area contributed by atoms with Gasteiger partial charge in [0, 0.05) is 17.9 Å². The van der Waals surface area contributed by atoms with Crippen molar-refractivity contribution >= 4 is 33.1 Å². The number of hydrogen-bond acceptors (Lipinski definition) is 5. The number of carbonyl (C=O) groups excluding carboxylic acids is 1. The van der Waals surface area contributed by atoms with Gasteiger partial charge in [0.1, 0.15) is 11.1 Å². The normalized spacial score (nSPS) is 12.3. The van der Waals surface area contributed by atoms with Crippen LogP contribution in [0, 0.1) is 6.92 Å². The van der Waals surface area contributed by atoms with E-state index in [0.29, 0.717) is 19.8 Å². The Morgan fingerprint density at radius 3 is 2.70 bits per heavy atom. The molecule has 142 valence electrons. The molecule has 2 aromatic carbocycles. The minimum Gasteiger partial charge on any atom is -0.379 e. The predicted octanol–water partition coefficient (Wildman–Crippen LogP) is 4.65. The first-order valence-corrected chi connectivity index (χ1v) is 9.86. The number of aromatic nitrogens is 1. The Morgan fingerprint density at radius 2 is 1.96 bits per heavy atom. The number of anilines is 1. The van der Waals surface area contributed by atoms with E-state index in [1.165, 1.54) is 10.3 Å². The van der Waals surface area contributed by atoms with Crippen molar-refractivity contribution in [2.75, 3.05) is 25.1 Å². The van der Waals surface area contributed by atoms with Crippen LogP contribution in [0.1, 0.15) is 19.4 Å². The lowest BCUT2D eigenvalue weighted by molar-refractivity contribution is -0.127. The van der Waals surface area contributed by atoms with E-state index in [1.54, 1.807) is 18.3 Å². The quantitative estimate of drug-likeness (QED) is 0.574. The van der Waals surface area contributed by atoms with E-state index in [0.717, 1.165) is 21.8 Å². The third kappa shape index (κ3) is 5.13. The molecule has 0 aliphatic rings. The fraction of sp³-hybridized carbons (Fsp3) is 0.333.